The molecule has 0 aliphatic carbocycles. The van der Waals surface area contributed by atoms with Crippen molar-refractivity contribution in [2.24, 2.45) is 0 Å². The molecule has 0 radical (unpaired) electrons. The van der Waals surface area contributed by atoms with Crippen LogP contribution in [0, 0.1) is 0 Å². The highest BCUT2D eigenvalue weighted by Crippen LogP contribution is 2.18. The van der Waals surface area contributed by atoms with Gasteiger partial charge in [0, 0.05) is 19.8 Å². The van der Waals surface area contributed by atoms with Crippen molar-refractivity contribution in [1.29, 1.82) is 0 Å². The van der Waals surface area contributed by atoms with E-state index >= 15 is 0 Å². The zero-order valence-electron chi connectivity index (χ0n) is 8.57. The lowest BCUT2D eigenvalue weighted by Gasteiger charge is -2.13. The second-order valence-corrected chi connectivity index (χ2v) is 3.30. The van der Waals surface area contributed by atoms with E-state index in [9.17, 15) is 5.11 Å². The first kappa shape index (κ1) is 10.6. The summed E-state index contributed by atoms with van der Waals surface area (Å²) >= 11 is 0. The maximum atomic E-state index is 9.58. The Balaban J connectivity index is 2.87. The van der Waals surface area contributed by atoms with Crippen LogP contribution in [0.25, 0.3) is 0 Å². The molecule has 1 aromatic carbocycles. The van der Waals surface area contributed by atoms with E-state index in [-0.39, 0.29) is 0 Å². The minimum absolute atomic E-state index is 0.608. The van der Waals surface area contributed by atoms with Gasteiger partial charge in [0.2, 0.25) is 0 Å². The number of hydrogen-bond donors (Lipinski definition) is 1. The van der Waals surface area contributed by atoms with Crippen LogP contribution < -0.4 is 4.90 Å². The Morgan fingerprint density at radius 2 is 1.93 bits per heavy atom. The van der Waals surface area contributed by atoms with Gasteiger partial charge in [-0.2, -0.15) is 0 Å². The van der Waals surface area contributed by atoms with E-state index in [1.54, 1.807) is 0 Å². The van der Waals surface area contributed by atoms with E-state index in [2.05, 4.69) is 12.3 Å². The molecule has 0 aromatic heterocycles. The Kier molecular flexibility index (Phi) is 3.52. The lowest BCUT2D eigenvalue weighted by molar-refractivity contribution is 0.229. The zero-order valence-corrected chi connectivity index (χ0v) is 8.57. The molecule has 1 unspecified atom stereocenters. The van der Waals surface area contributed by atoms with Gasteiger partial charge in [-0.1, -0.05) is 18.7 Å². The number of nitrogens with zero attached hydrogens (tertiary/aromatic N) is 1. The minimum Gasteiger partial charge on any atom is -0.384 e. The summed E-state index contributed by atoms with van der Waals surface area (Å²) in [6, 6.07) is 7.73. The van der Waals surface area contributed by atoms with Gasteiger partial charge in [0.15, 0.2) is 0 Å². The second kappa shape index (κ2) is 4.66. The Labute approximate surface area is 84.8 Å². The van der Waals surface area contributed by atoms with Crippen molar-refractivity contribution in [1.82, 2.24) is 0 Å². The van der Waals surface area contributed by atoms with Gasteiger partial charge >= 0.3 is 0 Å². The third-order valence-corrected chi connectivity index (χ3v) is 2.03. The summed E-state index contributed by atoms with van der Waals surface area (Å²) in [5, 5.41) is 9.58. The molecule has 1 N–H and O–H groups in total. The Hall–Kier alpha value is -1.50. The molecule has 0 bridgehead atoms. The molecule has 2 nitrogen and oxygen atoms in total. The van der Waals surface area contributed by atoms with E-state index in [4.69, 9.17) is 0 Å². The lowest BCUT2D eigenvalue weighted by atomic mass is 10.1. The van der Waals surface area contributed by atoms with Crippen molar-refractivity contribution in [2.45, 2.75) is 6.10 Å². The summed E-state index contributed by atoms with van der Waals surface area (Å²) < 4.78 is 0. The standard InChI is InChI=1S/C12H15NO/c1-4-5-12(14)10-6-8-11(9-7-10)13(2)3/h5-9,12,14H,1H2,2-3H3. The highest BCUT2D eigenvalue weighted by molar-refractivity contribution is 5.46. The van der Waals surface area contributed by atoms with Gasteiger partial charge < -0.3 is 10.0 Å². The van der Waals surface area contributed by atoms with E-state index < -0.39 is 6.10 Å². The van der Waals surface area contributed by atoms with Crippen LogP contribution in [0.5, 0.6) is 0 Å². The Morgan fingerprint density at radius 1 is 1.36 bits per heavy atom. The summed E-state index contributed by atoms with van der Waals surface area (Å²) in [5.74, 6) is 0. The smallest absolute Gasteiger partial charge is 0.104 e. The molecule has 1 rings (SSSR count). The quantitative estimate of drug-likeness (QED) is 0.736. The van der Waals surface area contributed by atoms with Crippen LogP contribution >= 0.6 is 0 Å². The topological polar surface area (TPSA) is 23.5 Å². The molecule has 0 spiro atoms. The molecule has 0 fully saturated rings. The van der Waals surface area contributed by atoms with Crippen LogP contribution in [0.3, 0.4) is 0 Å². The fraction of sp³-hybridized carbons (Fsp3) is 0.250. The van der Waals surface area contributed by atoms with Crippen molar-refractivity contribution in [3.63, 3.8) is 0 Å². The van der Waals surface area contributed by atoms with Crippen molar-refractivity contribution in [2.75, 3.05) is 19.0 Å². The maximum absolute atomic E-state index is 9.58. The number of aliphatic hydroxyl groups is 1. The average Bonchev–Trinajstić information content (AvgIpc) is 2.18. The first-order chi connectivity index (χ1) is 6.65. The lowest BCUT2D eigenvalue weighted by Crippen LogP contribution is -2.08. The fourth-order valence-corrected chi connectivity index (χ4v) is 1.18. The highest BCUT2D eigenvalue weighted by atomic mass is 16.3. The summed E-state index contributed by atoms with van der Waals surface area (Å²) in [7, 11) is 3.96. The van der Waals surface area contributed by atoms with Crippen molar-refractivity contribution in [3.05, 3.63) is 48.2 Å². The van der Waals surface area contributed by atoms with E-state index in [1.807, 2.05) is 43.3 Å². The van der Waals surface area contributed by atoms with Crippen LogP contribution in [0.2, 0.25) is 0 Å². The molecule has 0 aliphatic heterocycles. The molecule has 0 aliphatic rings. The molecule has 74 valence electrons. The second-order valence-electron chi connectivity index (χ2n) is 3.30. The van der Waals surface area contributed by atoms with E-state index in [0.29, 0.717) is 0 Å². The van der Waals surface area contributed by atoms with Crippen LogP contribution in [-0.4, -0.2) is 19.2 Å². The minimum atomic E-state index is -0.608. The van der Waals surface area contributed by atoms with Crippen molar-refractivity contribution in [3.8, 4) is 0 Å². The number of anilines is 1. The Bertz CT molecular complexity index is 334. The van der Waals surface area contributed by atoms with Gasteiger partial charge in [-0.15, -0.1) is 5.73 Å². The summed E-state index contributed by atoms with van der Waals surface area (Å²) in [5.41, 5.74) is 4.54. The van der Waals surface area contributed by atoms with Gasteiger partial charge in [-0.3, -0.25) is 0 Å². The first-order valence-corrected chi connectivity index (χ1v) is 4.46. The third kappa shape index (κ3) is 2.49. The Morgan fingerprint density at radius 3 is 2.36 bits per heavy atom. The van der Waals surface area contributed by atoms with Gasteiger partial charge in [-0.05, 0) is 23.8 Å². The largest absolute Gasteiger partial charge is 0.384 e. The average molecular weight is 189 g/mol. The predicted molar refractivity (Wildman–Crippen MR) is 59.4 cm³/mol. The van der Waals surface area contributed by atoms with Crippen LogP contribution in [-0.2, 0) is 0 Å². The van der Waals surface area contributed by atoms with Gasteiger partial charge in [0.1, 0.15) is 6.10 Å². The summed E-state index contributed by atoms with van der Waals surface area (Å²) in [4.78, 5) is 2.01. The van der Waals surface area contributed by atoms with Crippen LogP contribution in [0.4, 0.5) is 5.69 Å². The first-order valence-electron chi connectivity index (χ1n) is 4.46. The SMILES string of the molecule is C=C=CC(O)c1ccc(N(C)C)cc1. The van der Waals surface area contributed by atoms with Gasteiger partial charge in [-0.25, -0.2) is 0 Å². The van der Waals surface area contributed by atoms with Crippen molar-refractivity contribution >= 4 is 5.69 Å². The molecule has 0 amide bonds. The predicted octanol–water partition coefficient (Wildman–Crippen LogP) is 2.13. The monoisotopic (exact) mass is 189 g/mol. The molecule has 0 saturated heterocycles. The summed E-state index contributed by atoms with van der Waals surface area (Å²) in [6.07, 6.45) is 0.925. The molecule has 2 heteroatoms. The van der Waals surface area contributed by atoms with E-state index in [0.717, 1.165) is 11.3 Å². The molecular formula is C12H15NO. The van der Waals surface area contributed by atoms with Crippen LogP contribution in [0.1, 0.15) is 11.7 Å². The number of aliphatic hydroxyl groups excluding tert-OH is 1. The number of hydrogen-bond acceptors (Lipinski definition) is 2. The zero-order chi connectivity index (χ0) is 10.6. The normalized spacial score (nSPS) is 11.6. The third-order valence-electron chi connectivity index (χ3n) is 2.03. The van der Waals surface area contributed by atoms with Gasteiger partial charge in [0.25, 0.3) is 0 Å². The summed E-state index contributed by atoms with van der Waals surface area (Å²) in [6.45, 7) is 3.42. The molecule has 1 aromatic rings. The van der Waals surface area contributed by atoms with Gasteiger partial charge in [0.05, 0.1) is 0 Å². The molecule has 0 saturated carbocycles. The maximum Gasteiger partial charge on any atom is 0.104 e. The number of rotatable bonds is 3. The molecule has 1 atom stereocenters. The van der Waals surface area contributed by atoms with Crippen molar-refractivity contribution < 1.29 is 5.11 Å². The van der Waals surface area contributed by atoms with Crippen LogP contribution in [0.15, 0.2) is 42.7 Å². The molecule has 14 heavy (non-hydrogen) atoms. The number of benzene rings is 1. The fourth-order valence-electron chi connectivity index (χ4n) is 1.18. The van der Waals surface area contributed by atoms with E-state index in [1.165, 1.54) is 6.08 Å². The highest BCUT2D eigenvalue weighted by Gasteiger charge is 2.02. The molecule has 0 heterocycles. The molecular weight excluding hydrogens is 174 g/mol.